The van der Waals surface area contributed by atoms with E-state index in [1.165, 1.54) is 4.90 Å². The highest BCUT2D eigenvalue weighted by atomic mass is 35.5. The first kappa shape index (κ1) is 28.9. The van der Waals surface area contributed by atoms with Gasteiger partial charge in [0.25, 0.3) is 0 Å². The average molecular weight is 543 g/mol. The molecule has 0 aromatic heterocycles. The van der Waals surface area contributed by atoms with Crippen LogP contribution in [0.5, 0.6) is 0 Å². The third kappa shape index (κ3) is 7.85. The van der Waals surface area contributed by atoms with E-state index in [2.05, 4.69) is 5.32 Å². The summed E-state index contributed by atoms with van der Waals surface area (Å²) in [5.41, 5.74) is 1.89. The van der Waals surface area contributed by atoms with Gasteiger partial charge < -0.3 is 10.2 Å². The van der Waals surface area contributed by atoms with Gasteiger partial charge in [0, 0.05) is 28.7 Å². The first-order valence-electron chi connectivity index (χ1n) is 11.4. The molecule has 1 N–H and O–H groups in total. The molecule has 0 saturated heterocycles. The molecule has 0 saturated carbocycles. The minimum absolute atomic E-state index is 0.0536. The topological polar surface area (TPSA) is 86.8 Å². The van der Waals surface area contributed by atoms with Crippen molar-refractivity contribution in [2.24, 2.45) is 0 Å². The van der Waals surface area contributed by atoms with Crippen molar-refractivity contribution in [2.75, 3.05) is 23.7 Å². The van der Waals surface area contributed by atoms with Crippen LogP contribution in [0.1, 0.15) is 51.2 Å². The number of benzene rings is 2. The van der Waals surface area contributed by atoms with Gasteiger partial charge in [-0.25, -0.2) is 8.42 Å². The Morgan fingerprint density at radius 1 is 1.00 bits per heavy atom. The monoisotopic (exact) mass is 541 g/mol. The predicted octanol–water partition coefficient (Wildman–Crippen LogP) is 4.83. The van der Waals surface area contributed by atoms with Crippen molar-refractivity contribution in [3.63, 3.8) is 0 Å². The molecular formula is C25H33Cl2N3O4S. The summed E-state index contributed by atoms with van der Waals surface area (Å²) >= 11 is 12.7. The van der Waals surface area contributed by atoms with E-state index in [0.29, 0.717) is 27.8 Å². The number of sulfonamides is 1. The summed E-state index contributed by atoms with van der Waals surface area (Å²) in [7, 11) is -3.80. The van der Waals surface area contributed by atoms with Crippen LogP contribution in [0.25, 0.3) is 0 Å². The van der Waals surface area contributed by atoms with Gasteiger partial charge >= 0.3 is 0 Å². The minimum atomic E-state index is -3.80. The fraction of sp³-hybridized carbons (Fsp3) is 0.440. The van der Waals surface area contributed by atoms with Gasteiger partial charge in [-0.05, 0) is 49.1 Å². The van der Waals surface area contributed by atoms with E-state index >= 15 is 0 Å². The lowest BCUT2D eigenvalue weighted by Gasteiger charge is -2.32. The van der Waals surface area contributed by atoms with Crippen LogP contribution in [0.3, 0.4) is 0 Å². The fourth-order valence-corrected chi connectivity index (χ4v) is 4.84. The molecule has 2 aromatic rings. The molecule has 1 atom stereocenters. The summed E-state index contributed by atoms with van der Waals surface area (Å²) in [6.07, 6.45) is 1.78. The summed E-state index contributed by atoms with van der Waals surface area (Å²) in [5, 5.41) is 3.48. The van der Waals surface area contributed by atoms with Gasteiger partial charge in [-0.15, -0.1) is 0 Å². The number of amides is 2. The molecule has 0 unspecified atom stereocenters. The molecule has 0 aliphatic heterocycles. The van der Waals surface area contributed by atoms with E-state index in [-0.39, 0.29) is 18.4 Å². The molecule has 0 radical (unpaired) electrons. The smallest absolute Gasteiger partial charge is 0.244 e. The van der Waals surface area contributed by atoms with Crippen molar-refractivity contribution in [3.05, 3.63) is 63.6 Å². The zero-order chi connectivity index (χ0) is 26.3. The summed E-state index contributed by atoms with van der Waals surface area (Å²) in [5.74, 6) is -0.634. The second kappa shape index (κ2) is 12.6. The van der Waals surface area contributed by atoms with Crippen molar-refractivity contribution in [1.82, 2.24) is 10.2 Å². The Balaban J connectivity index is 2.42. The highest BCUT2D eigenvalue weighted by Crippen LogP contribution is 2.27. The van der Waals surface area contributed by atoms with Gasteiger partial charge in [0.2, 0.25) is 21.8 Å². The minimum Gasteiger partial charge on any atom is -0.354 e. The molecule has 35 heavy (non-hydrogen) atoms. The van der Waals surface area contributed by atoms with Crippen LogP contribution in [0, 0.1) is 0 Å². The number of hydrogen-bond acceptors (Lipinski definition) is 4. The standard InChI is InChI=1S/C25H33Cl2N3O4S/c1-6-14-28-25(32)18(4)29(15-21-22(26)8-7-9-23(21)27)24(31)16-30(35(5,33)34)20-12-10-19(11-13-20)17(2)3/h7-13,17-18H,6,14-16H2,1-5H3,(H,28,32)/t18-/m0/s1. The van der Waals surface area contributed by atoms with Gasteiger partial charge in [0.15, 0.2) is 0 Å². The third-order valence-corrected chi connectivity index (χ3v) is 7.48. The van der Waals surface area contributed by atoms with E-state index < -0.39 is 28.5 Å². The zero-order valence-corrected chi connectivity index (χ0v) is 23.0. The third-order valence-electron chi connectivity index (χ3n) is 5.63. The number of nitrogens with one attached hydrogen (secondary N) is 1. The molecule has 10 heteroatoms. The van der Waals surface area contributed by atoms with Gasteiger partial charge in [-0.3, -0.25) is 13.9 Å². The number of halogens is 2. The molecule has 7 nitrogen and oxygen atoms in total. The number of nitrogens with zero attached hydrogens (tertiary/aromatic N) is 2. The Bertz CT molecular complexity index is 1120. The fourth-order valence-electron chi connectivity index (χ4n) is 3.47. The van der Waals surface area contributed by atoms with Crippen LogP contribution in [0.4, 0.5) is 5.69 Å². The SMILES string of the molecule is CCCNC(=O)[C@H](C)N(Cc1c(Cl)cccc1Cl)C(=O)CN(c1ccc(C(C)C)cc1)S(C)(=O)=O. The predicted molar refractivity (Wildman–Crippen MR) is 142 cm³/mol. The normalized spacial score (nSPS) is 12.3. The van der Waals surface area contributed by atoms with Gasteiger partial charge in [0.05, 0.1) is 11.9 Å². The Morgan fingerprint density at radius 3 is 2.06 bits per heavy atom. The van der Waals surface area contributed by atoms with Crippen molar-refractivity contribution < 1.29 is 18.0 Å². The summed E-state index contributed by atoms with van der Waals surface area (Å²) < 4.78 is 26.3. The molecule has 0 heterocycles. The van der Waals surface area contributed by atoms with Crippen molar-refractivity contribution in [1.29, 1.82) is 0 Å². The van der Waals surface area contributed by atoms with Crippen LogP contribution in [-0.2, 0) is 26.2 Å². The molecule has 192 valence electrons. The first-order chi connectivity index (χ1) is 16.4. The lowest BCUT2D eigenvalue weighted by atomic mass is 10.0. The van der Waals surface area contributed by atoms with Crippen LogP contribution in [0.2, 0.25) is 10.0 Å². The van der Waals surface area contributed by atoms with E-state index in [1.807, 2.05) is 32.9 Å². The lowest BCUT2D eigenvalue weighted by Crippen LogP contribution is -2.51. The Hall–Kier alpha value is -2.29. The van der Waals surface area contributed by atoms with Crippen molar-refractivity contribution >= 4 is 50.7 Å². The maximum absolute atomic E-state index is 13.5. The highest BCUT2D eigenvalue weighted by Gasteiger charge is 2.30. The number of anilines is 1. The van der Waals surface area contributed by atoms with Gasteiger partial charge in [-0.1, -0.05) is 62.2 Å². The van der Waals surface area contributed by atoms with Gasteiger partial charge in [-0.2, -0.15) is 0 Å². The maximum Gasteiger partial charge on any atom is 0.244 e. The van der Waals surface area contributed by atoms with E-state index in [9.17, 15) is 18.0 Å². The Morgan fingerprint density at radius 2 is 1.57 bits per heavy atom. The van der Waals surface area contributed by atoms with Crippen LogP contribution in [-0.4, -0.2) is 50.5 Å². The average Bonchev–Trinajstić information content (AvgIpc) is 2.79. The molecule has 2 aromatic carbocycles. The molecular weight excluding hydrogens is 509 g/mol. The second-order valence-electron chi connectivity index (χ2n) is 8.70. The molecule has 0 aliphatic carbocycles. The molecule has 2 amide bonds. The molecule has 0 fully saturated rings. The number of hydrogen-bond donors (Lipinski definition) is 1. The molecule has 0 spiro atoms. The number of carbonyl (C=O) groups is 2. The summed E-state index contributed by atoms with van der Waals surface area (Å²) in [6.45, 7) is 7.51. The van der Waals surface area contributed by atoms with Crippen molar-refractivity contribution in [3.8, 4) is 0 Å². The Labute approximate surface area is 218 Å². The first-order valence-corrected chi connectivity index (χ1v) is 14.0. The molecule has 0 aliphatic rings. The van der Waals surface area contributed by atoms with Crippen LogP contribution >= 0.6 is 23.2 Å². The summed E-state index contributed by atoms with van der Waals surface area (Å²) in [4.78, 5) is 27.6. The van der Waals surface area contributed by atoms with Crippen LogP contribution in [0.15, 0.2) is 42.5 Å². The molecule has 2 rings (SSSR count). The number of carbonyl (C=O) groups excluding carboxylic acids is 2. The second-order valence-corrected chi connectivity index (χ2v) is 11.4. The summed E-state index contributed by atoms with van der Waals surface area (Å²) in [6, 6.07) is 11.1. The number of rotatable bonds is 11. The van der Waals surface area contributed by atoms with Gasteiger partial charge in [0.1, 0.15) is 12.6 Å². The van der Waals surface area contributed by atoms with E-state index in [4.69, 9.17) is 23.2 Å². The largest absolute Gasteiger partial charge is 0.354 e. The van der Waals surface area contributed by atoms with E-state index in [0.717, 1.165) is 22.5 Å². The highest BCUT2D eigenvalue weighted by molar-refractivity contribution is 7.92. The quantitative estimate of drug-likeness (QED) is 0.441. The molecule has 0 bridgehead atoms. The van der Waals surface area contributed by atoms with Crippen molar-refractivity contribution in [2.45, 2.75) is 52.6 Å². The van der Waals surface area contributed by atoms with Crippen LogP contribution < -0.4 is 9.62 Å². The van der Waals surface area contributed by atoms with E-state index in [1.54, 1.807) is 37.3 Å². The maximum atomic E-state index is 13.5. The lowest BCUT2D eigenvalue weighted by molar-refractivity contribution is -0.139. The zero-order valence-electron chi connectivity index (χ0n) is 20.7. The Kier molecular flexibility index (Phi) is 10.4.